The molecule has 7 rings (SSSR count). The Hall–Kier alpha value is -4.78. The van der Waals surface area contributed by atoms with E-state index in [1.54, 1.807) is 33.8 Å². The van der Waals surface area contributed by atoms with E-state index >= 15 is 0 Å². The Morgan fingerprint density at radius 3 is 1.83 bits per heavy atom. The molecule has 58 heavy (non-hydrogen) atoms. The Kier molecular flexibility index (Phi) is 12.8. The van der Waals surface area contributed by atoms with Crippen LogP contribution < -0.4 is 10.6 Å². The lowest BCUT2D eigenvalue weighted by Gasteiger charge is -2.30. The summed E-state index contributed by atoms with van der Waals surface area (Å²) in [5.74, 6) is 0.892. The van der Waals surface area contributed by atoms with Crippen molar-refractivity contribution in [3.8, 4) is 20.3 Å². The maximum Gasteiger partial charge on any atom is 0.407 e. The topological polar surface area (TPSA) is 193 Å². The summed E-state index contributed by atoms with van der Waals surface area (Å²) in [5.41, 5.74) is 1.77. The van der Waals surface area contributed by atoms with Crippen molar-refractivity contribution < 1.29 is 38.1 Å². The maximum atomic E-state index is 13.6. The lowest BCUT2D eigenvalue weighted by Crippen LogP contribution is -2.51. The van der Waals surface area contributed by atoms with E-state index in [0.29, 0.717) is 32.1 Å². The number of methoxy groups -OCH3 is 2. The molecule has 7 heterocycles. The van der Waals surface area contributed by atoms with Gasteiger partial charge in [0.1, 0.15) is 23.7 Å². The third-order valence-electron chi connectivity index (χ3n) is 11.0. The highest BCUT2D eigenvalue weighted by molar-refractivity contribution is 7.23. The number of carbonyl (C=O) groups excluding carboxylic acids is 4. The van der Waals surface area contributed by atoms with Gasteiger partial charge in [0.05, 0.1) is 61.2 Å². The highest BCUT2D eigenvalue weighted by Crippen LogP contribution is 2.42. The number of H-pyrrole nitrogens is 2. The van der Waals surface area contributed by atoms with Crippen LogP contribution in [0.4, 0.5) is 9.59 Å². The van der Waals surface area contributed by atoms with Crippen LogP contribution in [0.3, 0.4) is 0 Å². The molecule has 0 spiro atoms. The summed E-state index contributed by atoms with van der Waals surface area (Å²) in [6.07, 6.45) is 5.12. The van der Waals surface area contributed by atoms with Gasteiger partial charge < -0.3 is 49.3 Å². The molecule has 4 aromatic rings. The number of hydrogen-bond acceptors (Lipinski definition) is 12. The number of amides is 4. The number of nitrogens with one attached hydrogen (secondary N) is 4. The first-order chi connectivity index (χ1) is 27.9. The fourth-order valence-electron chi connectivity index (χ4n) is 7.82. The molecule has 4 amide bonds. The average molecular weight is 837 g/mol. The molecule has 0 saturated carbocycles. The van der Waals surface area contributed by atoms with E-state index in [1.807, 2.05) is 44.9 Å². The van der Waals surface area contributed by atoms with Crippen LogP contribution in [-0.4, -0.2) is 106 Å². The Labute approximate surface area is 345 Å². The van der Waals surface area contributed by atoms with E-state index in [1.165, 1.54) is 14.2 Å². The number of hydrogen-bond donors (Lipinski definition) is 4. The summed E-state index contributed by atoms with van der Waals surface area (Å²) < 4.78 is 22.0. The molecule has 3 saturated heterocycles. The van der Waals surface area contributed by atoms with E-state index in [-0.39, 0.29) is 41.7 Å². The second-order valence-electron chi connectivity index (χ2n) is 15.6. The van der Waals surface area contributed by atoms with Crippen molar-refractivity contribution in [3.05, 3.63) is 58.9 Å². The number of aromatic nitrogens is 4. The standard InChI is InChI=1S/C40H52N8O8S2/c1-21(2)32(45-39(51)53-5)36(49)47-15-7-9-26(47)34-41-17-24(43-34)23-19-55-38(56-20-23)31-14-13-30(58-31)29-12-11-28(57-29)25-18-42-35(44-25)27-10-8-16-48(27)37(50)33(22(3)4)46-40(52)54-6/h11-14,17-18,21-23,26-27,32-33,38H,7-10,15-16,19-20H2,1-6H3,(H,41,43)(H,42,44)(H,45,51)(H,46,52)/t23?,26-,27-,32-,33-,38?/m0/s1. The van der Waals surface area contributed by atoms with Crippen molar-refractivity contribution >= 4 is 46.7 Å². The zero-order valence-electron chi connectivity index (χ0n) is 33.6. The van der Waals surface area contributed by atoms with E-state index in [4.69, 9.17) is 23.9 Å². The van der Waals surface area contributed by atoms with Gasteiger partial charge in [-0.3, -0.25) is 9.59 Å². The van der Waals surface area contributed by atoms with Crippen LogP contribution in [0.1, 0.15) is 99.9 Å². The van der Waals surface area contributed by atoms with Crippen LogP contribution in [0, 0.1) is 11.8 Å². The van der Waals surface area contributed by atoms with Crippen LogP contribution in [-0.2, 0) is 28.5 Å². The van der Waals surface area contributed by atoms with Crippen molar-refractivity contribution in [2.24, 2.45) is 11.8 Å². The van der Waals surface area contributed by atoms with Gasteiger partial charge in [0.15, 0.2) is 6.29 Å². The lowest BCUT2D eigenvalue weighted by atomic mass is 10.0. The van der Waals surface area contributed by atoms with Crippen molar-refractivity contribution in [2.75, 3.05) is 40.5 Å². The van der Waals surface area contributed by atoms with E-state index in [0.717, 1.165) is 62.4 Å². The first kappa shape index (κ1) is 41.4. The number of alkyl carbamates (subject to hydrolysis) is 2. The number of likely N-dealkylation sites (tertiary alicyclic amines) is 2. The molecule has 0 radical (unpaired) electrons. The van der Waals surface area contributed by atoms with Crippen LogP contribution in [0.25, 0.3) is 20.3 Å². The molecule has 312 valence electrons. The smallest absolute Gasteiger partial charge is 0.407 e. The third kappa shape index (κ3) is 8.79. The molecule has 0 unspecified atom stereocenters. The molecule has 18 heteroatoms. The Balaban J connectivity index is 0.947. The van der Waals surface area contributed by atoms with Gasteiger partial charge in [-0.15, -0.1) is 22.7 Å². The van der Waals surface area contributed by atoms with Crippen LogP contribution in [0.2, 0.25) is 0 Å². The molecular weight excluding hydrogens is 785 g/mol. The van der Waals surface area contributed by atoms with E-state index in [2.05, 4.69) is 43.8 Å². The highest BCUT2D eigenvalue weighted by Gasteiger charge is 2.39. The molecule has 3 aliphatic heterocycles. The van der Waals surface area contributed by atoms with Crippen LogP contribution >= 0.6 is 22.7 Å². The van der Waals surface area contributed by atoms with Crippen molar-refractivity contribution in [2.45, 2.75) is 89.8 Å². The summed E-state index contributed by atoms with van der Waals surface area (Å²) >= 11 is 3.29. The minimum atomic E-state index is -0.694. The summed E-state index contributed by atoms with van der Waals surface area (Å²) in [5, 5.41) is 5.39. The first-order valence-corrected chi connectivity index (χ1v) is 21.4. The Bertz CT molecular complexity index is 2070. The molecule has 4 atom stereocenters. The Morgan fingerprint density at radius 2 is 1.26 bits per heavy atom. The summed E-state index contributed by atoms with van der Waals surface area (Å²) in [4.78, 5) is 75.1. The van der Waals surface area contributed by atoms with Gasteiger partial charge in [0.25, 0.3) is 0 Å². The molecule has 3 aliphatic rings. The number of nitrogens with zero attached hydrogens (tertiary/aromatic N) is 4. The molecule has 0 bridgehead atoms. The number of ether oxygens (including phenoxy) is 4. The van der Waals surface area contributed by atoms with Crippen LogP contribution in [0.5, 0.6) is 0 Å². The van der Waals surface area contributed by atoms with Gasteiger partial charge in [0.2, 0.25) is 11.8 Å². The molecule has 4 aromatic heterocycles. The number of rotatable bonds is 12. The normalized spacial score (nSPS) is 22.0. The first-order valence-electron chi connectivity index (χ1n) is 19.8. The van der Waals surface area contributed by atoms with Gasteiger partial charge in [-0.25, -0.2) is 19.6 Å². The fourth-order valence-corrected chi connectivity index (χ4v) is 9.89. The number of aromatic amines is 2. The fraction of sp³-hybridized carbons (Fsp3) is 0.550. The molecule has 0 aliphatic carbocycles. The highest BCUT2D eigenvalue weighted by atomic mass is 32.1. The Morgan fingerprint density at radius 1 is 0.741 bits per heavy atom. The monoisotopic (exact) mass is 836 g/mol. The number of imidazole rings is 2. The van der Waals surface area contributed by atoms with Crippen molar-refractivity contribution in [1.82, 2.24) is 40.4 Å². The zero-order valence-corrected chi connectivity index (χ0v) is 35.2. The van der Waals surface area contributed by atoms with Crippen molar-refractivity contribution in [1.29, 1.82) is 0 Å². The average Bonchev–Trinajstić information content (AvgIpc) is 4.07. The number of thiophene rings is 2. The molecule has 0 aromatic carbocycles. The predicted molar refractivity (Wildman–Crippen MR) is 217 cm³/mol. The molecule has 16 nitrogen and oxygen atoms in total. The second kappa shape index (κ2) is 18.0. The minimum Gasteiger partial charge on any atom is -0.453 e. The third-order valence-corrected chi connectivity index (χ3v) is 13.4. The second-order valence-corrected chi connectivity index (χ2v) is 17.8. The van der Waals surface area contributed by atoms with Gasteiger partial charge in [-0.2, -0.15) is 0 Å². The summed E-state index contributed by atoms with van der Waals surface area (Å²) in [6, 6.07) is 6.49. The van der Waals surface area contributed by atoms with E-state index < -0.39 is 30.6 Å². The largest absolute Gasteiger partial charge is 0.453 e. The molecule has 4 N–H and O–H groups in total. The minimum absolute atomic E-state index is 0.0476. The molecular formula is C40H52N8O8S2. The summed E-state index contributed by atoms with van der Waals surface area (Å²) in [6.45, 7) is 9.67. The maximum absolute atomic E-state index is 13.6. The van der Waals surface area contributed by atoms with Gasteiger partial charge >= 0.3 is 12.2 Å². The molecule has 3 fully saturated rings. The van der Waals surface area contributed by atoms with Gasteiger partial charge in [-0.1, -0.05) is 27.7 Å². The van der Waals surface area contributed by atoms with Gasteiger partial charge in [0, 0.05) is 40.7 Å². The number of carbonyl (C=O) groups is 4. The summed E-state index contributed by atoms with van der Waals surface area (Å²) in [7, 11) is 2.58. The lowest BCUT2D eigenvalue weighted by molar-refractivity contribution is -0.190. The van der Waals surface area contributed by atoms with E-state index in [9.17, 15) is 19.2 Å². The van der Waals surface area contributed by atoms with Crippen molar-refractivity contribution in [3.63, 3.8) is 0 Å². The zero-order chi connectivity index (χ0) is 41.1. The van der Waals surface area contributed by atoms with Gasteiger partial charge in [-0.05, 0) is 61.8 Å². The SMILES string of the molecule is COC(=O)N[C@H](C(=O)N1CCC[C@H]1c1ncc(-c2ccc(-c3ccc(C4OCC(c5cnc([C@@H]6CCCN6C(=O)[C@@H](NC(=O)OC)C(C)C)[nH]5)CO4)s3)s2)[nH]1)C(C)C. The van der Waals surface area contributed by atoms with Crippen LogP contribution in [0.15, 0.2) is 36.7 Å². The predicted octanol–water partition coefficient (Wildman–Crippen LogP) is 6.51. The quantitative estimate of drug-likeness (QED) is 0.122.